The number of benzene rings is 1. The van der Waals surface area contributed by atoms with Gasteiger partial charge < -0.3 is 14.8 Å². The zero-order chi connectivity index (χ0) is 23.6. The number of hydrogen-bond acceptors (Lipinski definition) is 5. The second kappa shape index (κ2) is 9.96. The first-order chi connectivity index (χ1) is 15.0. The molecule has 0 bridgehead atoms. The minimum absolute atomic E-state index is 0.190. The minimum Gasteiger partial charge on any atom is -0.492 e. The van der Waals surface area contributed by atoms with E-state index in [-0.39, 0.29) is 11.3 Å². The molecule has 1 aliphatic carbocycles. The molecule has 1 aromatic carbocycles. The topological polar surface area (TPSA) is 64.6 Å². The summed E-state index contributed by atoms with van der Waals surface area (Å²) in [7, 11) is 1.38. The first kappa shape index (κ1) is 24.8. The van der Waals surface area contributed by atoms with Crippen molar-refractivity contribution in [1.82, 2.24) is 0 Å². The molecule has 1 atom stereocenters. The summed E-state index contributed by atoms with van der Waals surface area (Å²) >= 11 is 4.93. The van der Waals surface area contributed by atoms with Crippen molar-refractivity contribution in [3.05, 3.63) is 44.2 Å². The quantitative estimate of drug-likeness (QED) is 0.427. The predicted molar refractivity (Wildman–Crippen MR) is 133 cm³/mol. The Morgan fingerprint density at radius 2 is 2.00 bits per heavy atom. The first-order valence-electron chi connectivity index (χ1n) is 11.0. The summed E-state index contributed by atoms with van der Waals surface area (Å²) in [5.41, 5.74) is 2.13. The number of anilines is 1. The fraction of sp³-hybridized carbons (Fsp3) is 0.520. The van der Waals surface area contributed by atoms with Crippen molar-refractivity contribution in [2.24, 2.45) is 17.3 Å². The van der Waals surface area contributed by atoms with Crippen molar-refractivity contribution < 1.29 is 19.1 Å². The van der Waals surface area contributed by atoms with Crippen LogP contribution in [-0.4, -0.2) is 25.6 Å². The summed E-state index contributed by atoms with van der Waals surface area (Å²) in [5.74, 6) is 0.677. The van der Waals surface area contributed by atoms with E-state index in [4.69, 9.17) is 9.47 Å². The Labute approximate surface area is 203 Å². The van der Waals surface area contributed by atoms with Crippen LogP contribution in [0.1, 0.15) is 72.2 Å². The van der Waals surface area contributed by atoms with Crippen LogP contribution in [-0.2, 0) is 17.6 Å². The molecule has 0 aliphatic heterocycles. The molecular weight excluding hydrogens is 490 g/mol. The maximum Gasteiger partial charge on any atom is 0.341 e. The Kier molecular flexibility index (Phi) is 7.71. The second-order valence-electron chi connectivity index (χ2n) is 9.80. The van der Waals surface area contributed by atoms with Crippen LogP contribution in [0.3, 0.4) is 0 Å². The number of nitrogens with one attached hydrogen (secondary N) is 1. The molecule has 1 amide bonds. The van der Waals surface area contributed by atoms with Gasteiger partial charge in [0.1, 0.15) is 10.8 Å². The van der Waals surface area contributed by atoms with Gasteiger partial charge in [0.15, 0.2) is 0 Å². The summed E-state index contributed by atoms with van der Waals surface area (Å²) < 4.78 is 11.7. The van der Waals surface area contributed by atoms with E-state index >= 15 is 0 Å². The molecule has 3 rings (SSSR count). The Balaban J connectivity index is 1.94. The number of amides is 1. The van der Waals surface area contributed by atoms with E-state index in [0.717, 1.165) is 34.2 Å². The van der Waals surface area contributed by atoms with E-state index in [0.29, 0.717) is 40.3 Å². The number of halogens is 1. The smallest absolute Gasteiger partial charge is 0.341 e. The third-order valence-electron chi connectivity index (χ3n) is 5.87. The van der Waals surface area contributed by atoms with Crippen LogP contribution < -0.4 is 10.1 Å². The zero-order valence-corrected chi connectivity index (χ0v) is 22.0. The Hall–Kier alpha value is -1.86. The van der Waals surface area contributed by atoms with Crippen molar-refractivity contribution >= 4 is 44.1 Å². The van der Waals surface area contributed by atoms with E-state index in [1.165, 1.54) is 18.4 Å². The fourth-order valence-corrected chi connectivity index (χ4v) is 5.64. The van der Waals surface area contributed by atoms with Crippen LogP contribution in [0.4, 0.5) is 5.00 Å². The van der Waals surface area contributed by atoms with Crippen molar-refractivity contribution in [3.63, 3.8) is 0 Å². The molecular formula is C25H32BrNO4S. The third-order valence-corrected chi connectivity index (χ3v) is 7.53. The molecule has 1 heterocycles. The summed E-state index contributed by atoms with van der Waals surface area (Å²) in [6.07, 6.45) is 2.74. The van der Waals surface area contributed by atoms with Crippen LogP contribution in [0.5, 0.6) is 5.75 Å². The van der Waals surface area contributed by atoms with Gasteiger partial charge in [0.2, 0.25) is 0 Å². The lowest BCUT2D eigenvalue weighted by atomic mass is 9.72. The highest BCUT2D eigenvalue weighted by molar-refractivity contribution is 9.10. The van der Waals surface area contributed by atoms with Gasteiger partial charge in [-0.15, -0.1) is 11.3 Å². The largest absolute Gasteiger partial charge is 0.492 e. The molecule has 32 heavy (non-hydrogen) atoms. The number of carbonyl (C=O) groups is 2. The number of rotatable bonds is 6. The fourth-order valence-electron chi connectivity index (χ4n) is 3.96. The zero-order valence-electron chi connectivity index (χ0n) is 19.6. The van der Waals surface area contributed by atoms with E-state index in [2.05, 4.69) is 55.9 Å². The van der Waals surface area contributed by atoms with Crippen molar-refractivity contribution in [1.29, 1.82) is 0 Å². The predicted octanol–water partition coefficient (Wildman–Crippen LogP) is 6.74. The second-order valence-corrected chi connectivity index (χ2v) is 11.8. The van der Waals surface area contributed by atoms with E-state index in [1.807, 2.05) is 6.07 Å². The molecule has 0 radical (unpaired) electrons. The van der Waals surface area contributed by atoms with Gasteiger partial charge in [0, 0.05) is 9.35 Å². The molecule has 7 heteroatoms. The SMILES string of the molecule is COC(=O)c1c(NC(=O)c2cc(Br)ccc2OCC(C)C)sc2c1CCC(C(C)(C)C)C2. The summed E-state index contributed by atoms with van der Waals surface area (Å²) in [6, 6.07) is 5.38. The maximum absolute atomic E-state index is 13.3. The molecule has 1 aliphatic rings. The highest BCUT2D eigenvalue weighted by Gasteiger charge is 2.34. The van der Waals surface area contributed by atoms with Gasteiger partial charge in [-0.25, -0.2) is 4.79 Å². The average molecular weight is 523 g/mol. The standard InChI is InChI=1S/C25H32BrNO4S/c1-14(2)13-31-19-10-8-16(26)12-18(19)22(28)27-23-21(24(29)30-6)17-9-7-15(25(3,4)5)11-20(17)32-23/h8,10,12,14-15H,7,9,11,13H2,1-6H3,(H,27,28). The number of esters is 1. The van der Waals surface area contributed by atoms with Crippen molar-refractivity contribution in [2.75, 3.05) is 19.0 Å². The van der Waals surface area contributed by atoms with Gasteiger partial charge in [-0.1, -0.05) is 50.5 Å². The molecule has 1 N–H and O–H groups in total. The Morgan fingerprint density at radius 3 is 2.62 bits per heavy atom. The highest BCUT2D eigenvalue weighted by Crippen LogP contribution is 2.44. The molecule has 0 fully saturated rings. The van der Waals surface area contributed by atoms with Crippen LogP contribution >= 0.6 is 27.3 Å². The number of hydrogen-bond donors (Lipinski definition) is 1. The molecule has 0 saturated heterocycles. The molecule has 0 saturated carbocycles. The third kappa shape index (κ3) is 5.54. The van der Waals surface area contributed by atoms with E-state index in [9.17, 15) is 9.59 Å². The van der Waals surface area contributed by atoms with Crippen molar-refractivity contribution in [3.8, 4) is 5.75 Å². The van der Waals surface area contributed by atoms with Gasteiger partial charge in [-0.05, 0) is 60.3 Å². The Bertz CT molecular complexity index is 1010. The molecule has 2 aromatic rings. The Morgan fingerprint density at radius 1 is 1.28 bits per heavy atom. The lowest BCUT2D eigenvalue weighted by Gasteiger charge is -2.33. The van der Waals surface area contributed by atoms with Crippen LogP contribution in [0.25, 0.3) is 0 Å². The lowest BCUT2D eigenvalue weighted by Crippen LogP contribution is -2.26. The van der Waals surface area contributed by atoms with Gasteiger partial charge >= 0.3 is 5.97 Å². The highest BCUT2D eigenvalue weighted by atomic mass is 79.9. The first-order valence-corrected chi connectivity index (χ1v) is 12.6. The van der Waals surface area contributed by atoms with Gasteiger partial charge in [-0.3, -0.25) is 4.79 Å². The summed E-state index contributed by atoms with van der Waals surface area (Å²) in [5, 5.41) is 3.54. The van der Waals surface area contributed by atoms with Crippen molar-refractivity contribution in [2.45, 2.75) is 53.9 Å². The monoisotopic (exact) mass is 521 g/mol. The lowest BCUT2D eigenvalue weighted by molar-refractivity contribution is 0.0600. The average Bonchev–Trinajstić information content (AvgIpc) is 3.08. The van der Waals surface area contributed by atoms with E-state index in [1.54, 1.807) is 12.1 Å². The van der Waals surface area contributed by atoms with Gasteiger partial charge in [-0.2, -0.15) is 0 Å². The number of carbonyl (C=O) groups excluding carboxylic acids is 2. The van der Waals surface area contributed by atoms with Gasteiger partial charge in [0.25, 0.3) is 5.91 Å². The molecule has 5 nitrogen and oxygen atoms in total. The van der Waals surface area contributed by atoms with Gasteiger partial charge in [0.05, 0.1) is 24.8 Å². The number of ether oxygens (including phenoxy) is 2. The minimum atomic E-state index is -0.405. The molecule has 1 unspecified atom stereocenters. The molecule has 1 aromatic heterocycles. The van der Waals surface area contributed by atoms with Crippen LogP contribution in [0.15, 0.2) is 22.7 Å². The number of thiophene rings is 1. The summed E-state index contributed by atoms with van der Waals surface area (Å²) in [6.45, 7) is 11.4. The number of fused-ring (bicyclic) bond motifs is 1. The molecule has 0 spiro atoms. The van der Waals surface area contributed by atoms with E-state index < -0.39 is 5.97 Å². The number of methoxy groups -OCH3 is 1. The summed E-state index contributed by atoms with van der Waals surface area (Å²) in [4.78, 5) is 27.1. The maximum atomic E-state index is 13.3. The molecule has 174 valence electrons. The van der Waals surface area contributed by atoms with Crippen LogP contribution in [0, 0.1) is 17.3 Å². The normalized spacial score (nSPS) is 15.9. The van der Waals surface area contributed by atoms with Crippen LogP contribution in [0.2, 0.25) is 0 Å².